The maximum absolute atomic E-state index is 13.0. The highest BCUT2D eigenvalue weighted by atomic mass is 79.9. The molecule has 0 aliphatic carbocycles. The molecule has 210 valence electrons. The lowest BCUT2D eigenvalue weighted by atomic mass is 10.1. The normalized spacial score (nSPS) is 13.4. The van der Waals surface area contributed by atoms with Crippen LogP contribution in [0.2, 0.25) is 5.02 Å². The van der Waals surface area contributed by atoms with E-state index in [9.17, 15) is 9.59 Å². The van der Waals surface area contributed by atoms with E-state index in [0.29, 0.717) is 54.8 Å². The van der Waals surface area contributed by atoms with Gasteiger partial charge in [0.2, 0.25) is 5.91 Å². The molecule has 1 heterocycles. The quantitative estimate of drug-likeness (QED) is 0.239. The number of benzene rings is 3. The van der Waals surface area contributed by atoms with Gasteiger partial charge in [0.15, 0.2) is 0 Å². The summed E-state index contributed by atoms with van der Waals surface area (Å²) < 4.78 is 12.7. The Labute approximate surface area is 256 Å². The van der Waals surface area contributed by atoms with E-state index in [2.05, 4.69) is 49.0 Å². The van der Waals surface area contributed by atoms with E-state index >= 15 is 0 Å². The van der Waals surface area contributed by atoms with Gasteiger partial charge in [-0.3, -0.25) is 9.59 Å². The van der Waals surface area contributed by atoms with E-state index in [4.69, 9.17) is 21.1 Å². The third-order valence-electron chi connectivity index (χ3n) is 6.35. The molecule has 3 aromatic rings. The number of carbonyl (C=O) groups is 2. The van der Waals surface area contributed by atoms with Gasteiger partial charge in [0.25, 0.3) is 5.91 Å². The van der Waals surface area contributed by atoms with E-state index in [1.807, 2.05) is 53.4 Å². The zero-order chi connectivity index (χ0) is 28.6. The minimum Gasteiger partial charge on any atom is -0.495 e. The number of carbonyl (C=O) groups excluding carboxylic acids is 2. The highest BCUT2D eigenvalue weighted by Crippen LogP contribution is 2.34. The van der Waals surface area contributed by atoms with Crippen LogP contribution in [0.15, 0.2) is 69.6 Å². The maximum atomic E-state index is 13.0. The van der Waals surface area contributed by atoms with Crippen LogP contribution in [0.5, 0.6) is 11.5 Å². The lowest BCUT2D eigenvalue weighted by Gasteiger charge is -2.36. The second kappa shape index (κ2) is 14.1. The first-order valence-corrected chi connectivity index (χ1v) is 14.8. The summed E-state index contributed by atoms with van der Waals surface area (Å²) in [5, 5.41) is 3.38. The van der Waals surface area contributed by atoms with Crippen molar-refractivity contribution in [3.8, 4) is 11.5 Å². The van der Waals surface area contributed by atoms with E-state index in [1.165, 1.54) is 6.08 Å². The fourth-order valence-electron chi connectivity index (χ4n) is 4.36. The molecular formula is C30H30Br2ClN3O4. The monoisotopic (exact) mass is 689 g/mol. The lowest BCUT2D eigenvalue weighted by Crippen LogP contribution is -2.48. The van der Waals surface area contributed by atoms with Gasteiger partial charge in [-0.05, 0) is 83.0 Å². The Morgan fingerprint density at radius 1 is 1.02 bits per heavy atom. The number of halogens is 3. The van der Waals surface area contributed by atoms with Gasteiger partial charge in [-0.2, -0.15) is 0 Å². The van der Waals surface area contributed by atoms with E-state index < -0.39 is 0 Å². The first kappa shape index (κ1) is 30.0. The molecule has 7 nitrogen and oxygen atoms in total. The summed E-state index contributed by atoms with van der Waals surface area (Å²) >= 11 is 13.5. The standard InChI is InChI=1S/C30H30Br2ClN3O4/c1-3-16-40-24-8-4-20(5-9-24)30(38)36-14-12-35(13-15-36)27-10-7-23(19-26(27)33)34-28(37)11-6-21-17-22(31)18-25(32)29(21)39-2/h4-11,17-19H,3,12-16H2,1-2H3,(H,34,37)/b11-6+. The summed E-state index contributed by atoms with van der Waals surface area (Å²) in [6.07, 6.45) is 4.07. The van der Waals surface area contributed by atoms with Crippen LogP contribution in [0.3, 0.4) is 0 Å². The van der Waals surface area contributed by atoms with Gasteiger partial charge < -0.3 is 24.6 Å². The summed E-state index contributed by atoms with van der Waals surface area (Å²) in [7, 11) is 1.58. The van der Waals surface area contributed by atoms with Crippen molar-refractivity contribution in [2.75, 3.05) is 50.1 Å². The Morgan fingerprint density at radius 3 is 2.40 bits per heavy atom. The zero-order valence-electron chi connectivity index (χ0n) is 22.3. The molecule has 0 spiro atoms. The number of piperazine rings is 1. The van der Waals surface area contributed by atoms with Crippen LogP contribution in [0, 0.1) is 0 Å². The van der Waals surface area contributed by atoms with Crippen LogP contribution in [-0.2, 0) is 4.79 Å². The van der Waals surface area contributed by atoms with Crippen molar-refractivity contribution in [3.63, 3.8) is 0 Å². The third kappa shape index (κ3) is 7.59. The molecule has 10 heteroatoms. The van der Waals surface area contributed by atoms with Crippen LogP contribution in [-0.4, -0.2) is 56.6 Å². The van der Waals surface area contributed by atoms with E-state index in [-0.39, 0.29) is 11.8 Å². The summed E-state index contributed by atoms with van der Waals surface area (Å²) in [5.41, 5.74) is 2.85. The summed E-state index contributed by atoms with van der Waals surface area (Å²) in [5.74, 6) is 1.12. The Bertz CT molecular complexity index is 1390. The Kier molecular flexibility index (Phi) is 10.5. The van der Waals surface area contributed by atoms with Gasteiger partial charge in [0, 0.05) is 53.5 Å². The molecule has 0 aromatic heterocycles. The molecule has 40 heavy (non-hydrogen) atoms. The number of nitrogens with one attached hydrogen (secondary N) is 1. The van der Waals surface area contributed by atoms with Gasteiger partial charge in [0.05, 0.1) is 28.9 Å². The number of rotatable bonds is 9. The number of methoxy groups -OCH3 is 1. The number of ether oxygens (including phenoxy) is 2. The van der Waals surface area contributed by atoms with Crippen LogP contribution in [0.1, 0.15) is 29.3 Å². The Hall–Kier alpha value is -3.01. The molecule has 1 N–H and O–H groups in total. The second-order valence-electron chi connectivity index (χ2n) is 9.15. The van der Waals surface area contributed by atoms with Gasteiger partial charge in [-0.25, -0.2) is 0 Å². The van der Waals surface area contributed by atoms with Crippen molar-refractivity contribution >= 4 is 72.7 Å². The molecule has 2 amide bonds. The highest BCUT2D eigenvalue weighted by Gasteiger charge is 2.23. The molecule has 3 aromatic carbocycles. The topological polar surface area (TPSA) is 71.1 Å². The van der Waals surface area contributed by atoms with Crippen molar-refractivity contribution < 1.29 is 19.1 Å². The SMILES string of the molecule is CCCOc1ccc(C(=O)N2CCN(c3ccc(NC(=O)/C=C/c4cc(Br)cc(Br)c4OC)cc3Cl)CC2)cc1. The molecular weight excluding hydrogens is 662 g/mol. The van der Waals surface area contributed by atoms with Gasteiger partial charge in [-0.15, -0.1) is 0 Å². The molecule has 0 radical (unpaired) electrons. The predicted molar refractivity (Wildman–Crippen MR) is 168 cm³/mol. The summed E-state index contributed by atoms with van der Waals surface area (Å²) in [6.45, 7) is 5.19. The maximum Gasteiger partial charge on any atom is 0.253 e. The first-order chi connectivity index (χ1) is 19.3. The van der Waals surface area contributed by atoms with Gasteiger partial charge in [0.1, 0.15) is 11.5 Å². The average Bonchev–Trinajstić information content (AvgIpc) is 2.95. The molecule has 0 atom stereocenters. The van der Waals surface area contributed by atoms with Crippen molar-refractivity contribution in [1.29, 1.82) is 0 Å². The lowest BCUT2D eigenvalue weighted by molar-refractivity contribution is -0.111. The zero-order valence-corrected chi connectivity index (χ0v) is 26.2. The van der Waals surface area contributed by atoms with Crippen LogP contribution in [0.25, 0.3) is 6.08 Å². The van der Waals surface area contributed by atoms with E-state index in [0.717, 1.165) is 32.4 Å². The number of anilines is 2. The van der Waals surface area contributed by atoms with Crippen LogP contribution < -0.4 is 19.7 Å². The fourth-order valence-corrected chi connectivity index (χ4v) is 6.08. The van der Waals surface area contributed by atoms with Crippen molar-refractivity contribution in [2.24, 2.45) is 0 Å². The molecule has 0 saturated carbocycles. The smallest absolute Gasteiger partial charge is 0.253 e. The number of nitrogens with zero attached hydrogens (tertiary/aromatic N) is 2. The molecule has 1 aliphatic rings. The Morgan fingerprint density at radius 2 is 1.75 bits per heavy atom. The van der Waals surface area contributed by atoms with Crippen molar-refractivity contribution in [3.05, 3.63) is 85.8 Å². The van der Waals surface area contributed by atoms with Crippen LogP contribution in [0.4, 0.5) is 11.4 Å². The molecule has 0 bridgehead atoms. The van der Waals surface area contributed by atoms with Crippen molar-refractivity contribution in [2.45, 2.75) is 13.3 Å². The van der Waals surface area contributed by atoms with E-state index in [1.54, 1.807) is 19.3 Å². The Balaban J connectivity index is 1.33. The first-order valence-electron chi connectivity index (χ1n) is 12.9. The second-order valence-corrected chi connectivity index (χ2v) is 11.3. The van der Waals surface area contributed by atoms with Gasteiger partial charge in [-0.1, -0.05) is 34.5 Å². The average molecular weight is 692 g/mol. The van der Waals surface area contributed by atoms with Crippen molar-refractivity contribution in [1.82, 2.24) is 4.90 Å². The van der Waals surface area contributed by atoms with Crippen LogP contribution >= 0.6 is 43.5 Å². The predicted octanol–water partition coefficient (Wildman–Crippen LogP) is 7.28. The number of amides is 2. The fraction of sp³-hybridized carbons (Fsp3) is 0.267. The molecule has 0 unspecified atom stereocenters. The summed E-state index contributed by atoms with van der Waals surface area (Å²) in [6, 6.07) is 16.5. The number of hydrogen-bond donors (Lipinski definition) is 1. The minimum absolute atomic E-state index is 0.00624. The molecule has 1 saturated heterocycles. The largest absolute Gasteiger partial charge is 0.495 e. The summed E-state index contributed by atoms with van der Waals surface area (Å²) in [4.78, 5) is 29.6. The molecule has 4 rings (SSSR count). The minimum atomic E-state index is -0.293. The third-order valence-corrected chi connectivity index (χ3v) is 7.70. The highest BCUT2D eigenvalue weighted by molar-refractivity contribution is 9.11. The molecule has 1 aliphatic heterocycles. The van der Waals surface area contributed by atoms with Gasteiger partial charge >= 0.3 is 0 Å². The molecule has 1 fully saturated rings. The number of hydrogen-bond acceptors (Lipinski definition) is 5.